The SMILES string of the molecule is CCNC(=O)N1CCC2(CCn3nc(-c4cnc(N)c(SCc5ccccc5)c4)cc32)C1. The number of rotatable bonds is 5. The minimum absolute atomic E-state index is 0.00244. The summed E-state index contributed by atoms with van der Waals surface area (Å²) in [5.41, 5.74) is 10.6. The van der Waals surface area contributed by atoms with Crippen molar-refractivity contribution in [1.29, 1.82) is 0 Å². The van der Waals surface area contributed by atoms with E-state index in [1.165, 1.54) is 11.3 Å². The number of benzene rings is 1. The Morgan fingerprint density at radius 2 is 2.03 bits per heavy atom. The molecule has 1 atom stereocenters. The van der Waals surface area contributed by atoms with Gasteiger partial charge in [0.1, 0.15) is 5.82 Å². The lowest BCUT2D eigenvalue weighted by Crippen LogP contribution is -2.40. The first-order valence-corrected chi connectivity index (χ1v) is 12.1. The van der Waals surface area contributed by atoms with E-state index in [1.54, 1.807) is 11.8 Å². The van der Waals surface area contributed by atoms with Crippen LogP contribution in [0.4, 0.5) is 10.6 Å². The Hall–Kier alpha value is -3.00. The topological polar surface area (TPSA) is 89.1 Å². The van der Waals surface area contributed by atoms with E-state index in [0.29, 0.717) is 12.4 Å². The second-order valence-electron chi connectivity index (χ2n) is 8.56. The number of hydrogen-bond donors (Lipinski definition) is 2. The van der Waals surface area contributed by atoms with Crippen LogP contribution >= 0.6 is 11.8 Å². The van der Waals surface area contributed by atoms with E-state index in [-0.39, 0.29) is 11.4 Å². The summed E-state index contributed by atoms with van der Waals surface area (Å²) in [6.45, 7) is 5.03. The first-order chi connectivity index (χ1) is 15.6. The van der Waals surface area contributed by atoms with Crippen molar-refractivity contribution >= 4 is 23.6 Å². The molecule has 2 amide bonds. The number of amides is 2. The maximum absolute atomic E-state index is 12.3. The van der Waals surface area contributed by atoms with E-state index in [9.17, 15) is 4.79 Å². The van der Waals surface area contributed by atoms with Crippen LogP contribution in [0.2, 0.25) is 0 Å². The van der Waals surface area contributed by atoms with Crippen molar-refractivity contribution in [3.05, 3.63) is 59.9 Å². The zero-order valence-corrected chi connectivity index (χ0v) is 19.1. The van der Waals surface area contributed by atoms with Gasteiger partial charge in [0.15, 0.2) is 0 Å². The quantitative estimate of drug-likeness (QED) is 0.578. The van der Waals surface area contributed by atoms with Gasteiger partial charge in [-0.3, -0.25) is 4.68 Å². The van der Waals surface area contributed by atoms with E-state index in [0.717, 1.165) is 54.4 Å². The molecule has 32 heavy (non-hydrogen) atoms. The minimum Gasteiger partial charge on any atom is -0.383 e. The zero-order valence-electron chi connectivity index (χ0n) is 18.3. The van der Waals surface area contributed by atoms with Gasteiger partial charge in [-0.1, -0.05) is 30.3 Å². The number of aryl methyl sites for hydroxylation is 1. The third-order valence-corrected chi connectivity index (χ3v) is 7.62. The second kappa shape index (κ2) is 8.50. The first kappa shape index (κ1) is 20.9. The fourth-order valence-corrected chi connectivity index (χ4v) is 5.70. The van der Waals surface area contributed by atoms with Crippen molar-refractivity contribution in [2.45, 2.75) is 42.4 Å². The van der Waals surface area contributed by atoms with Crippen LogP contribution in [0.5, 0.6) is 0 Å². The molecule has 5 rings (SSSR count). The molecule has 0 bridgehead atoms. The van der Waals surface area contributed by atoms with Gasteiger partial charge < -0.3 is 16.0 Å². The van der Waals surface area contributed by atoms with E-state index < -0.39 is 0 Å². The molecule has 1 fully saturated rings. The number of nitrogen functional groups attached to an aromatic ring is 1. The lowest BCUT2D eigenvalue weighted by atomic mass is 9.82. The van der Waals surface area contributed by atoms with Crippen molar-refractivity contribution in [2.75, 3.05) is 25.4 Å². The molecule has 166 valence electrons. The van der Waals surface area contributed by atoms with Gasteiger partial charge in [0, 0.05) is 54.8 Å². The molecular weight excluding hydrogens is 420 g/mol. The van der Waals surface area contributed by atoms with Crippen LogP contribution in [0.1, 0.15) is 31.0 Å². The van der Waals surface area contributed by atoms with Crippen molar-refractivity contribution in [2.24, 2.45) is 0 Å². The summed E-state index contributed by atoms with van der Waals surface area (Å²) in [5.74, 6) is 1.39. The predicted molar refractivity (Wildman–Crippen MR) is 127 cm³/mol. The average Bonchev–Trinajstić information content (AvgIpc) is 3.51. The molecule has 0 radical (unpaired) electrons. The molecular formula is C24H28N6OS. The summed E-state index contributed by atoms with van der Waals surface area (Å²) in [6.07, 6.45) is 3.82. The van der Waals surface area contributed by atoms with Crippen LogP contribution in [-0.4, -0.2) is 45.3 Å². The molecule has 1 spiro atoms. The molecule has 7 nitrogen and oxygen atoms in total. The highest BCUT2D eigenvalue weighted by Crippen LogP contribution is 2.44. The summed E-state index contributed by atoms with van der Waals surface area (Å²) in [7, 11) is 0. The van der Waals surface area contributed by atoms with E-state index in [1.807, 2.05) is 36.2 Å². The van der Waals surface area contributed by atoms with Crippen LogP contribution < -0.4 is 11.1 Å². The smallest absolute Gasteiger partial charge is 0.317 e. The lowest BCUT2D eigenvalue weighted by Gasteiger charge is -2.23. The van der Waals surface area contributed by atoms with Gasteiger partial charge in [0.25, 0.3) is 0 Å². The number of nitrogens with two attached hydrogens (primary N) is 1. The van der Waals surface area contributed by atoms with Crippen molar-refractivity contribution in [3.8, 4) is 11.3 Å². The Bertz CT molecular complexity index is 1130. The van der Waals surface area contributed by atoms with Crippen molar-refractivity contribution in [1.82, 2.24) is 25.0 Å². The number of nitrogens with one attached hydrogen (secondary N) is 1. The zero-order chi connectivity index (χ0) is 22.1. The summed E-state index contributed by atoms with van der Waals surface area (Å²) in [4.78, 5) is 19.7. The first-order valence-electron chi connectivity index (χ1n) is 11.1. The van der Waals surface area contributed by atoms with Gasteiger partial charge in [-0.05, 0) is 37.5 Å². The van der Waals surface area contributed by atoms with E-state index in [2.05, 4.69) is 39.2 Å². The highest BCUT2D eigenvalue weighted by atomic mass is 32.2. The Morgan fingerprint density at radius 3 is 2.84 bits per heavy atom. The Kier molecular flexibility index (Phi) is 5.55. The number of likely N-dealkylation sites (tertiary alicyclic amines) is 1. The number of thioether (sulfide) groups is 1. The van der Waals surface area contributed by atoms with Crippen LogP contribution in [0.3, 0.4) is 0 Å². The number of hydrogen-bond acceptors (Lipinski definition) is 5. The lowest BCUT2D eigenvalue weighted by molar-refractivity contribution is 0.206. The third-order valence-electron chi connectivity index (χ3n) is 6.51. The monoisotopic (exact) mass is 448 g/mol. The van der Waals surface area contributed by atoms with Crippen molar-refractivity contribution < 1.29 is 4.79 Å². The molecule has 3 aromatic rings. The standard InChI is InChI=1S/C24H28N6OS/c1-2-26-23(31)29-10-8-24(16-29)9-11-30-21(24)13-19(28-30)18-12-20(22(25)27-14-18)32-15-17-6-4-3-5-7-17/h3-7,12-14H,2,8-11,15-16H2,1H3,(H2,25,27)(H,26,31). The van der Waals surface area contributed by atoms with E-state index in [4.69, 9.17) is 10.8 Å². The largest absolute Gasteiger partial charge is 0.383 e. The van der Waals surface area contributed by atoms with Crippen LogP contribution in [0.15, 0.2) is 53.6 Å². The number of urea groups is 1. The molecule has 2 aromatic heterocycles. The second-order valence-corrected chi connectivity index (χ2v) is 9.57. The molecule has 2 aliphatic heterocycles. The molecule has 2 aliphatic rings. The minimum atomic E-state index is 0.00244. The van der Waals surface area contributed by atoms with Crippen LogP contribution in [-0.2, 0) is 17.7 Å². The number of fused-ring (bicyclic) bond motifs is 2. The summed E-state index contributed by atoms with van der Waals surface area (Å²) < 4.78 is 2.11. The Morgan fingerprint density at radius 1 is 1.22 bits per heavy atom. The van der Waals surface area contributed by atoms with Gasteiger partial charge in [0.2, 0.25) is 0 Å². The normalized spacial score (nSPS) is 19.5. The number of carbonyl (C=O) groups is 1. The summed E-state index contributed by atoms with van der Waals surface area (Å²) in [5, 5.41) is 7.81. The molecule has 4 heterocycles. The Labute approximate surface area is 192 Å². The number of nitrogens with zero attached hydrogens (tertiary/aromatic N) is 4. The molecule has 8 heteroatoms. The van der Waals surface area contributed by atoms with E-state index >= 15 is 0 Å². The third kappa shape index (κ3) is 3.83. The van der Waals surface area contributed by atoms with Gasteiger partial charge in [-0.15, -0.1) is 11.8 Å². The van der Waals surface area contributed by atoms with Crippen molar-refractivity contribution in [3.63, 3.8) is 0 Å². The van der Waals surface area contributed by atoms with Gasteiger partial charge >= 0.3 is 6.03 Å². The number of aromatic nitrogens is 3. The maximum Gasteiger partial charge on any atom is 0.317 e. The summed E-state index contributed by atoms with van der Waals surface area (Å²) >= 11 is 1.69. The highest BCUT2D eigenvalue weighted by Gasteiger charge is 2.46. The fraction of sp³-hybridized carbons (Fsp3) is 0.375. The maximum atomic E-state index is 12.3. The average molecular weight is 449 g/mol. The fourth-order valence-electron chi connectivity index (χ4n) is 4.77. The molecule has 1 aromatic carbocycles. The molecule has 0 saturated carbocycles. The molecule has 3 N–H and O–H groups in total. The van der Waals surface area contributed by atoms with Crippen LogP contribution in [0, 0.1) is 0 Å². The summed E-state index contributed by atoms with van der Waals surface area (Å²) in [6, 6.07) is 14.7. The Balaban J connectivity index is 1.36. The van der Waals surface area contributed by atoms with Crippen LogP contribution in [0.25, 0.3) is 11.3 Å². The molecule has 0 aliphatic carbocycles. The predicted octanol–water partition coefficient (Wildman–Crippen LogP) is 3.90. The molecule has 1 saturated heterocycles. The highest BCUT2D eigenvalue weighted by molar-refractivity contribution is 7.98. The van der Waals surface area contributed by atoms with Gasteiger partial charge in [-0.25, -0.2) is 9.78 Å². The number of pyridine rings is 1. The van der Waals surface area contributed by atoms with Gasteiger partial charge in [-0.2, -0.15) is 5.10 Å². The van der Waals surface area contributed by atoms with Gasteiger partial charge in [0.05, 0.1) is 10.6 Å². The number of anilines is 1. The number of carbonyl (C=O) groups excluding carboxylic acids is 1. The molecule has 1 unspecified atom stereocenters.